The average molecular weight is 329 g/mol. The highest BCUT2D eigenvalue weighted by Crippen LogP contribution is 2.45. The Bertz CT molecular complexity index is 387. The topological polar surface area (TPSA) is 46.3 Å². The van der Waals surface area contributed by atoms with Crippen molar-refractivity contribution in [2.45, 2.75) is 63.7 Å². The number of carbonyl (C=O) groups excluding carboxylic acids is 1. The first-order valence-electron chi connectivity index (χ1n) is 7.28. The molecule has 1 saturated heterocycles. The molecule has 0 aromatic heterocycles. The van der Waals surface area contributed by atoms with Crippen molar-refractivity contribution in [1.82, 2.24) is 4.90 Å². The van der Waals surface area contributed by atoms with E-state index in [1.54, 1.807) is 0 Å². The summed E-state index contributed by atoms with van der Waals surface area (Å²) in [5.41, 5.74) is 4.72. The average Bonchev–Trinajstić information content (AvgIpc) is 2.63. The third-order valence-corrected chi connectivity index (χ3v) is 4.91. The number of likely N-dealkylation sites (tertiary alicyclic amines) is 1. The molecule has 2 aliphatic rings. The van der Waals surface area contributed by atoms with E-state index in [0.717, 1.165) is 19.3 Å². The zero-order chi connectivity index (χ0) is 15.1. The summed E-state index contributed by atoms with van der Waals surface area (Å²) < 4.78 is 39.1. The minimum absolute atomic E-state index is 0. The number of rotatable bonds is 1. The van der Waals surface area contributed by atoms with Crippen LogP contribution in [0.15, 0.2) is 0 Å². The van der Waals surface area contributed by atoms with E-state index in [9.17, 15) is 18.0 Å². The van der Waals surface area contributed by atoms with Crippen molar-refractivity contribution in [2.75, 3.05) is 6.54 Å². The van der Waals surface area contributed by atoms with Gasteiger partial charge in [-0.25, -0.2) is 0 Å². The maximum absolute atomic E-state index is 13.0. The maximum atomic E-state index is 13.0. The van der Waals surface area contributed by atoms with Gasteiger partial charge < -0.3 is 10.6 Å². The second kappa shape index (κ2) is 6.32. The van der Waals surface area contributed by atoms with Crippen LogP contribution in [0.25, 0.3) is 0 Å². The Morgan fingerprint density at radius 3 is 2.33 bits per heavy atom. The van der Waals surface area contributed by atoms with Crippen LogP contribution in [0.4, 0.5) is 13.2 Å². The second-order valence-electron chi connectivity index (χ2n) is 6.65. The summed E-state index contributed by atoms with van der Waals surface area (Å²) in [6.45, 7) is 3.25. The molecular weight excluding hydrogens is 305 g/mol. The molecule has 1 aliphatic carbocycles. The zero-order valence-corrected chi connectivity index (χ0v) is 13.3. The van der Waals surface area contributed by atoms with Gasteiger partial charge in [0.1, 0.15) is 0 Å². The van der Waals surface area contributed by atoms with Crippen LogP contribution in [-0.2, 0) is 4.79 Å². The molecule has 3 atom stereocenters. The first-order chi connectivity index (χ1) is 9.14. The molecule has 3 nitrogen and oxygen atoms in total. The normalized spacial score (nSPS) is 32.7. The van der Waals surface area contributed by atoms with E-state index in [1.807, 2.05) is 0 Å². The number of hydrogen-bond acceptors (Lipinski definition) is 2. The van der Waals surface area contributed by atoms with Crippen LogP contribution < -0.4 is 5.73 Å². The highest BCUT2D eigenvalue weighted by atomic mass is 35.5. The highest BCUT2D eigenvalue weighted by molar-refractivity contribution is 5.85. The van der Waals surface area contributed by atoms with Crippen molar-refractivity contribution < 1.29 is 18.0 Å². The fourth-order valence-electron chi connectivity index (χ4n) is 3.72. The van der Waals surface area contributed by atoms with E-state index in [1.165, 1.54) is 18.7 Å². The van der Waals surface area contributed by atoms with Gasteiger partial charge in [0, 0.05) is 24.0 Å². The van der Waals surface area contributed by atoms with Crippen molar-refractivity contribution in [3.63, 3.8) is 0 Å². The van der Waals surface area contributed by atoms with E-state index in [4.69, 9.17) is 5.73 Å². The Labute approximate surface area is 129 Å². The van der Waals surface area contributed by atoms with Crippen LogP contribution in [0, 0.1) is 11.8 Å². The van der Waals surface area contributed by atoms with Gasteiger partial charge in [-0.05, 0) is 39.5 Å². The number of nitrogens with zero attached hydrogens (tertiary/aromatic N) is 1. The zero-order valence-electron chi connectivity index (χ0n) is 12.4. The number of nitrogens with two attached hydrogens (primary N) is 1. The minimum atomic E-state index is -4.25. The van der Waals surface area contributed by atoms with Crippen molar-refractivity contribution in [3.8, 4) is 0 Å². The number of amides is 1. The number of carbonyl (C=O) groups is 1. The molecule has 2 N–H and O–H groups in total. The Kier molecular flexibility index (Phi) is 5.59. The fraction of sp³-hybridized carbons (Fsp3) is 0.929. The van der Waals surface area contributed by atoms with Crippen LogP contribution in [0.5, 0.6) is 0 Å². The van der Waals surface area contributed by atoms with E-state index >= 15 is 0 Å². The van der Waals surface area contributed by atoms with E-state index in [-0.39, 0.29) is 43.2 Å². The van der Waals surface area contributed by atoms with Crippen molar-refractivity contribution in [3.05, 3.63) is 0 Å². The van der Waals surface area contributed by atoms with Crippen LogP contribution in [0.2, 0.25) is 0 Å². The molecule has 0 aromatic carbocycles. The Morgan fingerprint density at radius 1 is 1.24 bits per heavy atom. The molecule has 3 unspecified atom stereocenters. The second-order valence-corrected chi connectivity index (χ2v) is 6.65. The van der Waals surface area contributed by atoms with Gasteiger partial charge in [0.2, 0.25) is 5.91 Å². The summed E-state index contributed by atoms with van der Waals surface area (Å²) >= 11 is 0. The van der Waals surface area contributed by atoms with Gasteiger partial charge in [0.25, 0.3) is 0 Å². The van der Waals surface area contributed by atoms with Gasteiger partial charge in [-0.1, -0.05) is 6.42 Å². The van der Waals surface area contributed by atoms with Gasteiger partial charge in [0.15, 0.2) is 0 Å². The number of hydrogen-bond donors (Lipinski definition) is 1. The standard InChI is InChI=1S/C14H23F3N2O.ClH/c1-13(2)11(14(15,16)17)6-7-19(13)12(20)9-4-3-5-10(18)8-9;/h9-11H,3-8,18H2,1-2H3;1H. The van der Waals surface area contributed by atoms with Gasteiger partial charge in [-0.15, -0.1) is 12.4 Å². The number of alkyl halides is 3. The molecule has 2 rings (SSSR count). The first kappa shape index (κ1) is 18.6. The van der Waals surface area contributed by atoms with Crippen LogP contribution >= 0.6 is 12.4 Å². The molecule has 1 heterocycles. The third-order valence-electron chi connectivity index (χ3n) is 4.91. The molecule has 0 bridgehead atoms. The lowest BCUT2D eigenvalue weighted by Crippen LogP contribution is -2.52. The molecule has 1 aliphatic heterocycles. The minimum Gasteiger partial charge on any atom is -0.337 e. The Hall–Kier alpha value is -0.490. The predicted molar refractivity (Wildman–Crippen MR) is 77.1 cm³/mol. The van der Waals surface area contributed by atoms with Crippen molar-refractivity contribution in [1.29, 1.82) is 0 Å². The predicted octanol–water partition coefficient (Wildman–Crippen LogP) is 3.12. The Morgan fingerprint density at radius 2 is 1.86 bits per heavy atom. The van der Waals surface area contributed by atoms with Crippen LogP contribution in [0.1, 0.15) is 46.0 Å². The van der Waals surface area contributed by atoms with Gasteiger partial charge >= 0.3 is 6.18 Å². The van der Waals surface area contributed by atoms with Crippen LogP contribution in [0.3, 0.4) is 0 Å². The van der Waals surface area contributed by atoms with E-state index in [0.29, 0.717) is 6.42 Å². The largest absolute Gasteiger partial charge is 0.394 e. The number of halogens is 4. The smallest absolute Gasteiger partial charge is 0.337 e. The summed E-state index contributed by atoms with van der Waals surface area (Å²) in [7, 11) is 0. The monoisotopic (exact) mass is 328 g/mol. The molecule has 7 heteroatoms. The van der Waals surface area contributed by atoms with Crippen molar-refractivity contribution in [2.24, 2.45) is 17.6 Å². The molecule has 2 fully saturated rings. The summed E-state index contributed by atoms with van der Waals surface area (Å²) in [6, 6.07) is 0.00169. The molecule has 0 radical (unpaired) electrons. The molecule has 0 aromatic rings. The molecule has 1 saturated carbocycles. The van der Waals surface area contributed by atoms with E-state index < -0.39 is 17.6 Å². The maximum Gasteiger partial charge on any atom is 0.394 e. The van der Waals surface area contributed by atoms with Crippen molar-refractivity contribution >= 4 is 18.3 Å². The van der Waals surface area contributed by atoms with Crippen LogP contribution in [-0.4, -0.2) is 35.1 Å². The van der Waals surface area contributed by atoms with Gasteiger partial charge in [0.05, 0.1) is 5.92 Å². The Balaban J connectivity index is 0.00000220. The lowest BCUT2D eigenvalue weighted by atomic mass is 9.83. The van der Waals surface area contributed by atoms with E-state index in [2.05, 4.69) is 0 Å². The molecular formula is C14H24ClF3N2O. The van der Waals surface area contributed by atoms with Gasteiger partial charge in [-0.2, -0.15) is 13.2 Å². The molecule has 1 amide bonds. The summed E-state index contributed by atoms with van der Waals surface area (Å²) in [5, 5.41) is 0. The third kappa shape index (κ3) is 3.65. The highest BCUT2D eigenvalue weighted by Gasteiger charge is 2.56. The lowest BCUT2D eigenvalue weighted by Gasteiger charge is -2.39. The molecule has 124 valence electrons. The SMILES string of the molecule is CC1(C)C(C(F)(F)F)CCN1C(=O)C1CCCC(N)C1.Cl. The molecule has 21 heavy (non-hydrogen) atoms. The lowest BCUT2D eigenvalue weighted by molar-refractivity contribution is -0.193. The van der Waals surface area contributed by atoms with Gasteiger partial charge in [-0.3, -0.25) is 4.79 Å². The summed E-state index contributed by atoms with van der Waals surface area (Å²) in [5.74, 6) is -1.78. The molecule has 0 spiro atoms. The summed E-state index contributed by atoms with van der Waals surface area (Å²) in [6.07, 6.45) is -1.12. The first-order valence-corrected chi connectivity index (χ1v) is 7.28. The fourth-order valence-corrected chi connectivity index (χ4v) is 3.72. The quantitative estimate of drug-likeness (QED) is 0.804. The summed E-state index contributed by atoms with van der Waals surface area (Å²) in [4.78, 5) is 14.0.